The minimum atomic E-state index is 0. The molecule has 1 aliphatic rings. The van der Waals surface area contributed by atoms with E-state index in [1.54, 1.807) is 0 Å². The van der Waals surface area contributed by atoms with Crippen molar-refractivity contribution in [1.29, 1.82) is 0 Å². The number of hydrogen-bond acceptors (Lipinski definition) is 2. The molecule has 23 heavy (non-hydrogen) atoms. The Morgan fingerprint density at radius 2 is 1.91 bits per heavy atom. The van der Waals surface area contributed by atoms with Crippen LogP contribution in [0.4, 0.5) is 0 Å². The maximum absolute atomic E-state index is 11.7. The Morgan fingerprint density at radius 1 is 1.22 bits per heavy atom. The van der Waals surface area contributed by atoms with E-state index >= 15 is 0 Å². The van der Waals surface area contributed by atoms with Crippen molar-refractivity contribution in [3.05, 3.63) is 35.4 Å². The van der Waals surface area contributed by atoms with Gasteiger partial charge in [-0.2, -0.15) is 0 Å². The van der Waals surface area contributed by atoms with E-state index < -0.39 is 0 Å². The van der Waals surface area contributed by atoms with Crippen molar-refractivity contribution >= 4 is 35.8 Å². The van der Waals surface area contributed by atoms with Crippen LogP contribution in [0.25, 0.3) is 0 Å². The van der Waals surface area contributed by atoms with Gasteiger partial charge in [0.1, 0.15) is 0 Å². The van der Waals surface area contributed by atoms with E-state index in [9.17, 15) is 4.79 Å². The van der Waals surface area contributed by atoms with Crippen LogP contribution in [-0.2, 0) is 17.9 Å². The van der Waals surface area contributed by atoms with Gasteiger partial charge in [-0.15, -0.1) is 24.0 Å². The Morgan fingerprint density at radius 3 is 2.52 bits per heavy atom. The van der Waals surface area contributed by atoms with Gasteiger partial charge in [-0.05, 0) is 31.4 Å². The number of aliphatic imine (C=N–C) groups is 1. The number of guanidine groups is 1. The molecule has 1 aromatic rings. The van der Waals surface area contributed by atoms with Crippen molar-refractivity contribution in [3.63, 3.8) is 0 Å². The summed E-state index contributed by atoms with van der Waals surface area (Å²) in [4.78, 5) is 18.2. The minimum Gasteiger partial charge on any atom is -0.357 e. The maximum Gasteiger partial charge on any atom is 0.222 e. The first-order valence-electron chi connectivity index (χ1n) is 8.10. The molecule has 6 heteroatoms. The molecule has 1 heterocycles. The van der Waals surface area contributed by atoms with Crippen LogP contribution in [0, 0.1) is 0 Å². The number of amides is 1. The van der Waals surface area contributed by atoms with E-state index in [1.807, 2.05) is 11.0 Å². The van der Waals surface area contributed by atoms with Crippen molar-refractivity contribution in [2.75, 3.05) is 19.6 Å². The monoisotopic (exact) mass is 430 g/mol. The highest BCUT2D eigenvalue weighted by molar-refractivity contribution is 14.0. The molecule has 0 saturated carbocycles. The van der Waals surface area contributed by atoms with E-state index in [-0.39, 0.29) is 29.9 Å². The second kappa shape index (κ2) is 10.5. The molecule has 128 valence electrons. The largest absolute Gasteiger partial charge is 0.357 e. The van der Waals surface area contributed by atoms with Crippen LogP contribution in [0.15, 0.2) is 29.3 Å². The molecule has 0 atom stereocenters. The van der Waals surface area contributed by atoms with Crippen LogP contribution < -0.4 is 10.6 Å². The summed E-state index contributed by atoms with van der Waals surface area (Å²) in [6.45, 7) is 8.04. The molecule has 0 aliphatic carbocycles. The van der Waals surface area contributed by atoms with Gasteiger partial charge in [-0.25, -0.2) is 4.99 Å². The smallest absolute Gasteiger partial charge is 0.222 e. The number of benzene rings is 1. The van der Waals surface area contributed by atoms with Crippen LogP contribution in [0.5, 0.6) is 0 Å². The first kappa shape index (κ1) is 19.7. The third-order valence-electron chi connectivity index (χ3n) is 3.64. The minimum absolute atomic E-state index is 0. The van der Waals surface area contributed by atoms with Crippen molar-refractivity contribution in [1.82, 2.24) is 15.5 Å². The molecule has 2 rings (SSSR count). The molecule has 0 aromatic heterocycles. The van der Waals surface area contributed by atoms with Gasteiger partial charge in [0.2, 0.25) is 5.91 Å². The van der Waals surface area contributed by atoms with Gasteiger partial charge in [-0.3, -0.25) is 4.79 Å². The molecule has 2 N–H and O–H groups in total. The van der Waals surface area contributed by atoms with Gasteiger partial charge in [0.25, 0.3) is 0 Å². The lowest BCUT2D eigenvalue weighted by Gasteiger charge is -2.16. The summed E-state index contributed by atoms with van der Waals surface area (Å²) in [6.07, 6.45) is 1.68. The van der Waals surface area contributed by atoms with Gasteiger partial charge in [0.15, 0.2) is 5.96 Å². The summed E-state index contributed by atoms with van der Waals surface area (Å²) in [5.41, 5.74) is 2.34. The average molecular weight is 430 g/mol. The lowest BCUT2D eigenvalue weighted by atomic mass is 10.1. The molecular weight excluding hydrogens is 403 g/mol. The van der Waals surface area contributed by atoms with Gasteiger partial charge in [0, 0.05) is 32.6 Å². The topological polar surface area (TPSA) is 56.7 Å². The highest BCUT2D eigenvalue weighted by Gasteiger charge is 2.19. The van der Waals surface area contributed by atoms with E-state index in [1.165, 1.54) is 5.56 Å². The third kappa shape index (κ3) is 6.37. The van der Waals surface area contributed by atoms with Crippen molar-refractivity contribution in [2.24, 2.45) is 4.99 Å². The van der Waals surface area contributed by atoms with Gasteiger partial charge < -0.3 is 15.5 Å². The molecule has 0 unspecified atom stereocenters. The van der Waals surface area contributed by atoms with E-state index in [0.29, 0.717) is 19.5 Å². The Kier molecular flexibility index (Phi) is 8.98. The van der Waals surface area contributed by atoms with Crippen LogP contribution in [0.1, 0.15) is 37.8 Å². The number of carbonyl (C=O) groups is 1. The Hall–Kier alpha value is -1.31. The van der Waals surface area contributed by atoms with Crippen molar-refractivity contribution < 1.29 is 4.79 Å². The summed E-state index contributed by atoms with van der Waals surface area (Å²) in [5.74, 6) is 1.11. The van der Waals surface area contributed by atoms with E-state index in [2.05, 4.69) is 47.7 Å². The summed E-state index contributed by atoms with van der Waals surface area (Å²) in [5, 5.41) is 6.44. The van der Waals surface area contributed by atoms with Crippen LogP contribution in [0.3, 0.4) is 0 Å². The predicted octanol–water partition coefficient (Wildman–Crippen LogP) is 2.50. The highest BCUT2D eigenvalue weighted by atomic mass is 127. The molecule has 1 aromatic carbocycles. The average Bonchev–Trinajstić information content (AvgIpc) is 2.91. The number of rotatable bonds is 6. The normalized spacial score (nSPS) is 13.5. The van der Waals surface area contributed by atoms with Crippen LogP contribution in [-0.4, -0.2) is 36.4 Å². The Labute approximate surface area is 156 Å². The van der Waals surface area contributed by atoms with Crippen molar-refractivity contribution in [2.45, 2.75) is 39.8 Å². The number of halogens is 1. The lowest BCUT2D eigenvalue weighted by Crippen LogP contribution is -2.36. The summed E-state index contributed by atoms with van der Waals surface area (Å²) < 4.78 is 0. The van der Waals surface area contributed by atoms with E-state index in [0.717, 1.165) is 37.6 Å². The Balaban J connectivity index is 0.00000264. The zero-order valence-corrected chi connectivity index (χ0v) is 16.3. The quantitative estimate of drug-likeness (QED) is 0.414. The zero-order chi connectivity index (χ0) is 15.8. The first-order chi connectivity index (χ1) is 10.7. The fourth-order valence-corrected chi connectivity index (χ4v) is 2.60. The third-order valence-corrected chi connectivity index (χ3v) is 3.64. The van der Waals surface area contributed by atoms with Gasteiger partial charge >= 0.3 is 0 Å². The number of nitrogens with one attached hydrogen (secondary N) is 2. The summed E-state index contributed by atoms with van der Waals surface area (Å²) in [6, 6.07) is 8.34. The Bertz CT molecular complexity index is 525. The standard InChI is InChI=1S/C17H26N4O.HI/c1-3-18-17(19-4-2)20-12-14-7-5-8-15(11-14)13-21-10-6-9-16(21)22;/h5,7-8,11H,3-4,6,9-10,12-13H2,1-2H3,(H2,18,19,20);1H. The van der Waals surface area contributed by atoms with Gasteiger partial charge in [0.05, 0.1) is 6.54 Å². The molecule has 0 bridgehead atoms. The second-order valence-electron chi connectivity index (χ2n) is 5.46. The number of likely N-dealkylation sites (tertiary alicyclic amines) is 1. The molecule has 1 aliphatic heterocycles. The summed E-state index contributed by atoms with van der Waals surface area (Å²) in [7, 11) is 0. The van der Waals surface area contributed by atoms with Crippen LogP contribution in [0.2, 0.25) is 0 Å². The fourth-order valence-electron chi connectivity index (χ4n) is 2.60. The molecule has 0 spiro atoms. The predicted molar refractivity (Wildman–Crippen MR) is 105 cm³/mol. The maximum atomic E-state index is 11.7. The summed E-state index contributed by atoms with van der Waals surface area (Å²) >= 11 is 0. The van der Waals surface area contributed by atoms with Crippen LogP contribution >= 0.6 is 24.0 Å². The molecular formula is C17H27IN4O. The highest BCUT2D eigenvalue weighted by Crippen LogP contribution is 2.15. The van der Waals surface area contributed by atoms with E-state index in [4.69, 9.17) is 0 Å². The van der Waals surface area contributed by atoms with Gasteiger partial charge in [-0.1, -0.05) is 24.3 Å². The molecule has 1 fully saturated rings. The molecule has 1 saturated heterocycles. The number of carbonyl (C=O) groups excluding carboxylic acids is 1. The fraction of sp³-hybridized carbons (Fsp3) is 0.529. The first-order valence-corrected chi connectivity index (χ1v) is 8.10. The SMILES string of the molecule is CCNC(=NCc1cccc(CN2CCCC2=O)c1)NCC.I. The zero-order valence-electron chi connectivity index (χ0n) is 14.0. The molecule has 1 amide bonds. The molecule has 5 nitrogen and oxygen atoms in total. The molecule has 0 radical (unpaired) electrons. The second-order valence-corrected chi connectivity index (χ2v) is 5.46. The lowest BCUT2D eigenvalue weighted by molar-refractivity contribution is -0.128. The number of nitrogens with zero attached hydrogens (tertiary/aromatic N) is 2. The van der Waals surface area contributed by atoms with Crippen molar-refractivity contribution in [3.8, 4) is 0 Å². The number of hydrogen-bond donors (Lipinski definition) is 2.